The summed E-state index contributed by atoms with van der Waals surface area (Å²) < 4.78 is 1.85. The number of carbonyl (C=O) groups is 1. The van der Waals surface area contributed by atoms with Crippen molar-refractivity contribution in [1.29, 1.82) is 0 Å². The zero-order valence-corrected chi connectivity index (χ0v) is 17.2. The van der Waals surface area contributed by atoms with Crippen LogP contribution in [0.15, 0.2) is 40.4 Å². The highest BCUT2D eigenvalue weighted by Crippen LogP contribution is 2.33. The third-order valence-electron chi connectivity index (χ3n) is 4.53. The van der Waals surface area contributed by atoms with Crippen LogP contribution < -0.4 is 5.32 Å². The van der Waals surface area contributed by atoms with Crippen molar-refractivity contribution in [3.8, 4) is 5.69 Å². The van der Waals surface area contributed by atoms with E-state index in [1.807, 2.05) is 36.9 Å². The van der Waals surface area contributed by atoms with E-state index in [9.17, 15) is 4.79 Å². The van der Waals surface area contributed by atoms with Gasteiger partial charge in [0.1, 0.15) is 5.84 Å². The molecule has 1 amide bonds. The molecule has 0 spiro atoms. The summed E-state index contributed by atoms with van der Waals surface area (Å²) in [6, 6.07) is 8.33. The predicted molar refractivity (Wildman–Crippen MR) is 114 cm³/mol. The Kier molecular flexibility index (Phi) is 5.21. The zero-order chi connectivity index (χ0) is 19.7. The lowest BCUT2D eigenvalue weighted by Crippen LogP contribution is -2.42. The molecule has 1 aromatic heterocycles. The van der Waals surface area contributed by atoms with Crippen molar-refractivity contribution in [1.82, 2.24) is 20.0 Å². The predicted octanol–water partition coefficient (Wildman–Crippen LogP) is 2.89. The van der Waals surface area contributed by atoms with E-state index in [-0.39, 0.29) is 11.9 Å². The van der Waals surface area contributed by atoms with Crippen LogP contribution in [0.4, 0.5) is 5.82 Å². The van der Waals surface area contributed by atoms with Crippen molar-refractivity contribution in [2.24, 2.45) is 9.98 Å². The molecule has 0 radical (unpaired) electrons. The number of benzene rings is 1. The highest BCUT2D eigenvalue weighted by Gasteiger charge is 2.31. The van der Waals surface area contributed by atoms with Crippen LogP contribution in [-0.4, -0.2) is 56.5 Å². The number of carbonyl (C=O) groups excluding carboxylic acids is 1. The number of aliphatic imine (C=N–C) groups is 2. The summed E-state index contributed by atoms with van der Waals surface area (Å²) in [6.45, 7) is 7.63. The van der Waals surface area contributed by atoms with Crippen molar-refractivity contribution in [2.45, 2.75) is 33.2 Å². The van der Waals surface area contributed by atoms with E-state index in [0.29, 0.717) is 5.75 Å². The van der Waals surface area contributed by atoms with Gasteiger partial charge in [-0.2, -0.15) is 5.10 Å². The van der Waals surface area contributed by atoms with Gasteiger partial charge in [0.2, 0.25) is 5.91 Å². The molecule has 0 aliphatic carbocycles. The van der Waals surface area contributed by atoms with E-state index in [2.05, 4.69) is 34.4 Å². The Morgan fingerprint density at radius 1 is 1.29 bits per heavy atom. The molecular formula is C20H24N6OS. The molecule has 1 N–H and O–H groups in total. The SMILES string of the molecule is Cc1ccc(-n2ncc3c2N=C(SCC(=O)NC(C)C)N2CCCN=C32)cc1. The molecule has 4 rings (SSSR count). The Balaban J connectivity index is 1.68. The zero-order valence-electron chi connectivity index (χ0n) is 16.3. The Bertz CT molecular complexity index is 944. The van der Waals surface area contributed by atoms with Crippen LogP contribution in [0.5, 0.6) is 0 Å². The van der Waals surface area contributed by atoms with Crippen LogP contribution in [0.25, 0.3) is 5.69 Å². The van der Waals surface area contributed by atoms with Gasteiger partial charge in [0, 0.05) is 19.1 Å². The van der Waals surface area contributed by atoms with Crippen LogP contribution in [-0.2, 0) is 4.79 Å². The maximum atomic E-state index is 12.1. The molecule has 2 aliphatic heterocycles. The van der Waals surface area contributed by atoms with Crippen LogP contribution >= 0.6 is 11.8 Å². The summed E-state index contributed by atoms with van der Waals surface area (Å²) in [7, 11) is 0. The first kappa shape index (κ1) is 18.7. The number of hydrogen-bond acceptors (Lipinski definition) is 6. The summed E-state index contributed by atoms with van der Waals surface area (Å²) in [4.78, 5) is 23.8. The minimum Gasteiger partial charge on any atom is -0.353 e. The van der Waals surface area contributed by atoms with Crippen molar-refractivity contribution in [3.63, 3.8) is 0 Å². The quantitative estimate of drug-likeness (QED) is 0.862. The molecule has 8 heteroatoms. The van der Waals surface area contributed by atoms with Crippen LogP contribution in [0.3, 0.4) is 0 Å². The second-order valence-electron chi connectivity index (χ2n) is 7.24. The van der Waals surface area contributed by atoms with E-state index < -0.39 is 0 Å². The first-order valence-electron chi connectivity index (χ1n) is 9.51. The molecule has 146 valence electrons. The van der Waals surface area contributed by atoms with Gasteiger partial charge in [0.25, 0.3) is 0 Å². The molecule has 0 saturated heterocycles. The summed E-state index contributed by atoms with van der Waals surface area (Å²) in [6.07, 6.45) is 2.81. The first-order valence-corrected chi connectivity index (χ1v) is 10.5. The van der Waals surface area contributed by atoms with Gasteiger partial charge in [-0.05, 0) is 39.3 Å². The number of fused-ring (bicyclic) bond motifs is 3. The van der Waals surface area contributed by atoms with Gasteiger partial charge >= 0.3 is 0 Å². The molecule has 2 aliphatic rings. The Labute approximate surface area is 168 Å². The van der Waals surface area contributed by atoms with Crippen molar-refractivity contribution >= 4 is 34.5 Å². The maximum Gasteiger partial charge on any atom is 0.230 e. The number of amidine groups is 2. The number of hydrogen-bond donors (Lipinski definition) is 1. The van der Waals surface area contributed by atoms with Gasteiger partial charge < -0.3 is 10.2 Å². The number of nitrogens with one attached hydrogen (secondary N) is 1. The van der Waals surface area contributed by atoms with E-state index in [0.717, 1.165) is 47.6 Å². The van der Waals surface area contributed by atoms with Crippen LogP contribution in [0, 0.1) is 6.92 Å². The van der Waals surface area contributed by atoms with E-state index in [4.69, 9.17) is 9.98 Å². The average molecular weight is 397 g/mol. The highest BCUT2D eigenvalue weighted by atomic mass is 32.2. The van der Waals surface area contributed by atoms with Crippen molar-refractivity contribution < 1.29 is 4.79 Å². The second-order valence-corrected chi connectivity index (χ2v) is 8.19. The molecule has 0 unspecified atom stereocenters. The lowest BCUT2D eigenvalue weighted by atomic mass is 10.2. The van der Waals surface area contributed by atoms with Crippen molar-refractivity contribution in [3.05, 3.63) is 41.6 Å². The largest absolute Gasteiger partial charge is 0.353 e. The molecular weight excluding hydrogens is 372 g/mol. The Hall–Kier alpha value is -2.61. The molecule has 3 heterocycles. The van der Waals surface area contributed by atoms with E-state index in [1.54, 1.807) is 0 Å². The summed E-state index contributed by atoms with van der Waals surface area (Å²) >= 11 is 1.45. The Morgan fingerprint density at radius 3 is 2.82 bits per heavy atom. The fourth-order valence-electron chi connectivity index (χ4n) is 3.26. The summed E-state index contributed by atoms with van der Waals surface area (Å²) in [5.41, 5.74) is 3.10. The molecule has 7 nitrogen and oxygen atoms in total. The highest BCUT2D eigenvalue weighted by molar-refractivity contribution is 8.14. The van der Waals surface area contributed by atoms with Crippen LogP contribution in [0.1, 0.15) is 31.4 Å². The van der Waals surface area contributed by atoms with E-state index >= 15 is 0 Å². The van der Waals surface area contributed by atoms with Gasteiger partial charge in [0.05, 0.1) is 23.2 Å². The van der Waals surface area contributed by atoms with Gasteiger partial charge in [-0.1, -0.05) is 29.5 Å². The van der Waals surface area contributed by atoms with Gasteiger partial charge in [-0.3, -0.25) is 9.79 Å². The van der Waals surface area contributed by atoms with Crippen LogP contribution in [0.2, 0.25) is 0 Å². The third kappa shape index (κ3) is 3.69. The lowest BCUT2D eigenvalue weighted by molar-refractivity contribution is -0.119. The fourth-order valence-corrected chi connectivity index (χ4v) is 4.09. The topological polar surface area (TPSA) is 74.9 Å². The Morgan fingerprint density at radius 2 is 2.07 bits per heavy atom. The number of amides is 1. The maximum absolute atomic E-state index is 12.1. The molecule has 0 saturated carbocycles. The minimum absolute atomic E-state index is 0.0102. The number of rotatable bonds is 4. The standard InChI is InChI=1S/C20H24N6OS/c1-13(2)23-17(27)12-28-20-24-19-16(18-21-9-4-10-25(18)20)11-22-26(19)15-7-5-14(3)6-8-15/h5-8,11,13H,4,9-10,12H2,1-3H3,(H,23,27). The van der Waals surface area contributed by atoms with E-state index in [1.165, 1.54) is 17.3 Å². The third-order valence-corrected chi connectivity index (χ3v) is 5.51. The first-order chi connectivity index (χ1) is 13.5. The number of thioether (sulfide) groups is 1. The minimum atomic E-state index is 0.0102. The molecule has 0 fully saturated rings. The van der Waals surface area contributed by atoms with Gasteiger partial charge in [-0.15, -0.1) is 0 Å². The molecule has 0 bridgehead atoms. The smallest absolute Gasteiger partial charge is 0.230 e. The lowest BCUT2D eigenvalue weighted by Gasteiger charge is -2.32. The normalized spacial score (nSPS) is 15.6. The molecule has 1 aromatic carbocycles. The number of aryl methyl sites for hydroxylation is 1. The average Bonchev–Trinajstić information content (AvgIpc) is 3.10. The second kappa shape index (κ2) is 7.79. The van der Waals surface area contributed by atoms with Crippen molar-refractivity contribution in [2.75, 3.05) is 18.8 Å². The summed E-state index contributed by atoms with van der Waals surface area (Å²) in [5.74, 6) is 2.01. The molecule has 0 atom stereocenters. The summed E-state index contributed by atoms with van der Waals surface area (Å²) in [5, 5.41) is 8.31. The number of aromatic nitrogens is 2. The molecule has 2 aromatic rings. The molecule has 28 heavy (non-hydrogen) atoms. The van der Waals surface area contributed by atoms with Gasteiger partial charge in [-0.25, -0.2) is 9.67 Å². The fraction of sp³-hybridized carbons (Fsp3) is 0.400. The van der Waals surface area contributed by atoms with Gasteiger partial charge in [0.15, 0.2) is 11.0 Å². The monoisotopic (exact) mass is 396 g/mol. The number of nitrogens with zero attached hydrogens (tertiary/aromatic N) is 5.